The third kappa shape index (κ3) is 5.28. The molecule has 0 unspecified atom stereocenters. The number of rotatable bonds is 5. The van der Waals surface area contributed by atoms with Crippen molar-refractivity contribution in [3.05, 3.63) is 34.3 Å². The van der Waals surface area contributed by atoms with Gasteiger partial charge in [0.15, 0.2) is 11.5 Å². The highest BCUT2D eigenvalue weighted by atomic mass is 32.1. The number of carbonyl (C=O) groups excluding carboxylic acids is 2. The highest BCUT2D eigenvalue weighted by molar-refractivity contribution is 7.09. The van der Waals surface area contributed by atoms with Gasteiger partial charge in [0.25, 0.3) is 0 Å². The number of nitrogens with zero attached hydrogens (tertiary/aromatic N) is 3. The second kappa shape index (κ2) is 9.44. The fourth-order valence-corrected chi connectivity index (χ4v) is 4.29. The quantitative estimate of drug-likeness (QED) is 0.781. The number of carbonyl (C=O) groups is 2. The maximum Gasteiger partial charge on any atom is 0.238 e. The molecular weight excluding hydrogens is 404 g/mol. The van der Waals surface area contributed by atoms with Crippen LogP contribution in [0.5, 0.6) is 11.5 Å². The molecule has 0 saturated carbocycles. The lowest BCUT2D eigenvalue weighted by atomic mass is 10.2. The smallest absolute Gasteiger partial charge is 0.238 e. The average Bonchev–Trinajstić information content (AvgIpc) is 2.99. The Morgan fingerprint density at radius 2 is 1.90 bits per heavy atom. The standard InChI is InChI=1S/C21H26N4O4S/c1-15-14-30-20(22-15)12-21(27)25-7-5-24(6-8-25)13-19(26)23-16-3-4-17-18(11-16)29-10-2-9-28-17/h3-4,11,14H,2,5-10,12-13H2,1H3,(H,23,26). The summed E-state index contributed by atoms with van der Waals surface area (Å²) >= 11 is 1.52. The van der Waals surface area contributed by atoms with Crippen LogP contribution in [0.15, 0.2) is 23.6 Å². The van der Waals surface area contributed by atoms with E-state index in [0.29, 0.717) is 69.5 Å². The molecule has 1 aromatic carbocycles. The summed E-state index contributed by atoms with van der Waals surface area (Å²) < 4.78 is 11.3. The van der Waals surface area contributed by atoms with Crippen LogP contribution in [0.1, 0.15) is 17.1 Å². The lowest BCUT2D eigenvalue weighted by Gasteiger charge is -2.34. The van der Waals surface area contributed by atoms with E-state index in [1.807, 2.05) is 29.3 Å². The molecule has 0 aliphatic carbocycles. The number of thiazole rings is 1. The number of anilines is 1. The predicted octanol–water partition coefficient (Wildman–Crippen LogP) is 1.94. The van der Waals surface area contributed by atoms with Crippen LogP contribution < -0.4 is 14.8 Å². The van der Waals surface area contributed by atoms with Crippen molar-refractivity contribution in [2.75, 3.05) is 51.3 Å². The van der Waals surface area contributed by atoms with E-state index in [9.17, 15) is 9.59 Å². The van der Waals surface area contributed by atoms with Crippen LogP contribution in [0.3, 0.4) is 0 Å². The minimum atomic E-state index is -0.0810. The second-order valence-electron chi connectivity index (χ2n) is 7.48. The van der Waals surface area contributed by atoms with Crippen molar-refractivity contribution < 1.29 is 19.1 Å². The molecule has 0 radical (unpaired) electrons. The van der Waals surface area contributed by atoms with Gasteiger partial charge in [0.1, 0.15) is 5.01 Å². The van der Waals surface area contributed by atoms with E-state index in [1.54, 1.807) is 6.07 Å². The number of nitrogens with one attached hydrogen (secondary N) is 1. The van der Waals surface area contributed by atoms with Crippen LogP contribution in [0.2, 0.25) is 0 Å². The van der Waals surface area contributed by atoms with Gasteiger partial charge in [0.05, 0.1) is 26.2 Å². The zero-order valence-corrected chi connectivity index (χ0v) is 17.9. The van der Waals surface area contributed by atoms with E-state index in [0.717, 1.165) is 17.1 Å². The van der Waals surface area contributed by atoms with Crippen molar-refractivity contribution >= 4 is 28.8 Å². The summed E-state index contributed by atoms with van der Waals surface area (Å²) in [5.41, 5.74) is 1.64. The second-order valence-corrected chi connectivity index (χ2v) is 8.42. The zero-order chi connectivity index (χ0) is 20.9. The summed E-state index contributed by atoms with van der Waals surface area (Å²) in [5.74, 6) is 1.38. The minimum Gasteiger partial charge on any atom is -0.490 e. The zero-order valence-electron chi connectivity index (χ0n) is 17.1. The number of fused-ring (bicyclic) bond motifs is 1. The maximum absolute atomic E-state index is 12.5. The molecule has 2 aliphatic heterocycles. The van der Waals surface area contributed by atoms with Crippen LogP contribution in [0, 0.1) is 6.92 Å². The Kier molecular flexibility index (Phi) is 6.49. The van der Waals surface area contributed by atoms with Crippen LogP contribution >= 0.6 is 11.3 Å². The van der Waals surface area contributed by atoms with Gasteiger partial charge < -0.3 is 19.7 Å². The van der Waals surface area contributed by atoms with E-state index >= 15 is 0 Å². The van der Waals surface area contributed by atoms with Crippen LogP contribution in [0.4, 0.5) is 5.69 Å². The number of aryl methyl sites for hydroxylation is 1. The topological polar surface area (TPSA) is 84.0 Å². The Bertz CT molecular complexity index is 908. The molecule has 1 saturated heterocycles. The molecule has 0 spiro atoms. The Hall–Kier alpha value is -2.65. The molecule has 1 fully saturated rings. The predicted molar refractivity (Wildman–Crippen MR) is 114 cm³/mol. The Balaban J connectivity index is 1.23. The van der Waals surface area contributed by atoms with E-state index in [1.165, 1.54) is 11.3 Å². The highest BCUT2D eigenvalue weighted by Crippen LogP contribution is 2.32. The summed E-state index contributed by atoms with van der Waals surface area (Å²) in [5, 5.41) is 5.74. The van der Waals surface area contributed by atoms with Gasteiger partial charge in [-0.3, -0.25) is 14.5 Å². The number of benzene rings is 1. The summed E-state index contributed by atoms with van der Waals surface area (Å²) in [6.45, 7) is 6.07. The number of piperazine rings is 1. The summed E-state index contributed by atoms with van der Waals surface area (Å²) in [4.78, 5) is 33.2. The van der Waals surface area contributed by atoms with Crippen molar-refractivity contribution in [2.45, 2.75) is 19.8 Å². The molecule has 4 rings (SSSR count). The van der Waals surface area contributed by atoms with Gasteiger partial charge in [-0.25, -0.2) is 4.98 Å². The largest absolute Gasteiger partial charge is 0.490 e. The van der Waals surface area contributed by atoms with Crippen LogP contribution in [-0.4, -0.2) is 72.5 Å². The Morgan fingerprint density at radius 3 is 2.63 bits per heavy atom. The Labute approximate surface area is 179 Å². The lowest BCUT2D eigenvalue weighted by molar-refractivity contribution is -0.132. The maximum atomic E-state index is 12.5. The average molecular weight is 431 g/mol. The van der Waals surface area contributed by atoms with E-state index in [-0.39, 0.29) is 11.8 Å². The van der Waals surface area contributed by atoms with E-state index in [2.05, 4.69) is 15.2 Å². The number of aromatic nitrogens is 1. The van der Waals surface area contributed by atoms with Crippen molar-refractivity contribution in [1.82, 2.24) is 14.8 Å². The SMILES string of the molecule is Cc1csc(CC(=O)N2CCN(CC(=O)Nc3ccc4c(c3)OCCCO4)CC2)n1. The molecular formula is C21H26N4O4S. The molecule has 160 valence electrons. The minimum absolute atomic E-state index is 0.0810. The molecule has 30 heavy (non-hydrogen) atoms. The fraction of sp³-hybridized carbons (Fsp3) is 0.476. The molecule has 2 amide bonds. The molecule has 2 aliphatic rings. The van der Waals surface area contributed by atoms with Gasteiger partial charge in [0.2, 0.25) is 11.8 Å². The molecule has 9 heteroatoms. The van der Waals surface area contributed by atoms with Crippen LogP contribution in [0.25, 0.3) is 0 Å². The number of amides is 2. The van der Waals surface area contributed by atoms with Gasteiger partial charge in [-0.1, -0.05) is 0 Å². The van der Waals surface area contributed by atoms with Crippen molar-refractivity contribution in [3.8, 4) is 11.5 Å². The summed E-state index contributed by atoms with van der Waals surface area (Å²) in [6, 6.07) is 5.45. The van der Waals surface area contributed by atoms with Crippen molar-refractivity contribution in [2.24, 2.45) is 0 Å². The molecule has 1 N–H and O–H groups in total. The number of hydrogen-bond donors (Lipinski definition) is 1. The van der Waals surface area contributed by atoms with Crippen LogP contribution in [-0.2, 0) is 16.0 Å². The normalized spacial score (nSPS) is 16.8. The third-order valence-electron chi connectivity index (χ3n) is 5.09. The first-order valence-corrected chi connectivity index (χ1v) is 11.1. The monoisotopic (exact) mass is 430 g/mol. The first-order valence-electron chi connectivity index (χ1n) is 10.2. The first kappa shape index (κ1) is 20.6. The van der Waals surface area contributed by atoms with Gasteiger partial charge in [0, 0.05) is 55.4 Å². The summed E-state index contributed by atoms with van der Waals surface area (Å²) in [6.07, 6.45) is 1.19. The third-order valence-corrected chi connectivity index (χ3v) is 6.06. The molecule has 0 bridgehead atoms. The fourth-order valence-electron chi connectivity index (χ4n) is 3.53. The number of ether oxygens (including phenoxy) is 2. The molecule has 3 heterocycles. The summed E-state index contributed by atoms with van der Waals surface area (Å²) in [7, 11) is 0. The highest BCUT2D eigenvalue weighted by Gasteiger charge is 2.23. The first-order chi connectivity index (χ1) is 14.6. The van der Waals surface area contributed by atoms with Crippen molar-refractivity contribution in [1.29, 1.82) is 0 Å². The van der Waals surface area contributed by atoms with E-state index < -0.39 is 0 Å². The molecule has 0 atom stereocenters. The van der Waals surface area contributed by atoms with Gasteiger partial charge in [-0.05, 0) is 19.1 Å². The molecule has 1 aromatic heterocycles. The van der Waals surface area contributed by atoms with Gasteiger partial charge in [-0.15, -0.1) is 11.3 Å². The molecule has 8 nitrogen and oxygen atoms in total. The lowest BCUT2D eigenvalue weighted by Crippen LogP contribution is -2.50. The Morgan fingerprint density at radius 1 is 1.13 bits per heavy atom. The van der Waals surface area contributed by atoms with Gasteiger partial charge in [-0.2, -0.15) is 0 Å². The number of hydrogen-bond acceptors (Lipinski definition) is 7. The molecule has 2 aromatic rings. The van der Waals surface area contributed by atoms with E-state index in [4.69, 9.17) is 9.47 Å². The van der Waals surface area contributed by atoms with Crippen molar-refractivity contribution in [3.63, 3.8) is 0 Å². The van der Waals surface area contributed by atoms with Gasteiger partial charge >= 0.3 is 0 Å².